The van der Waals surface area contributed by atoms with Gasteiger partial charge in [0.25, 0.3) is 0 Å². The Bertz CT molecular complexity index is 862. The van der Waals surface area contributed by atoms with E-state index in [9.17, 15) is 29.1 Å². The van der Waals surface area contributed by atoms with Crippen molar-refractivity contribution < 1.29 is 34.2 Å². The van der Waals surface area contributed by atoms with Crippen LogP contribution in [0.25, 0.3) is 0 Å². The van der Waals surface area contributed by atoms with Crippen LogP contribution in [0.1, 0.15) is 45.6 Å². The summed E-state index contributed by atoms with van der Waals surface area (Å²) in [7, 11) is 0. The monoisotopic (exact) mass is 478 g/mol. The molecule has 0 heterocycles. The molecule has 11 nitrogen and oxygen atoms in total. The van der Waals surface area contributed by atoms with E-state index in [-0.39, 0.29) is 18.8 Å². The zero-order valence-electron chi connectivity index (χ0n) is 19.6. The number of carbonyl (C=O) groups excluding carboxylic acids is 3. The number of amides is 3. The number of carboxylic acids is 2. The summed E-state index contributed by atoms with van der Waals surface area (Å²) in [5, 5.41) is 25.7. The molecule has 0 bridgehead atoms. The number of hydrogen-bond donors (Lipinski definition) is 6. The minimum Gasteiger partial charge on any atom is -0.481 e. The fraction of sp³-hybridized carbons (Fsp3) is 0.522. The van der Waals surface area contributed by atoms with Crippen LogP contribution in [0.2, 0.25) is 0 Å². The van der Waals surface area contributed by atoms with E-state index in [4.69, 9.17) is 10.8 Å². The minimum absolute atomic E-state index is 0.0490. The van der Waals surface area contributed by atoms with E-state index in [2.05, 4.69) is 16.0 Å². The Balaban J connectivity index is 2.82. The summed E-state index contributed by atoms with van der Waals surface area (Å²) in [6.07, 6.45) is 0.0782. The number of carbonyl (C=O) groups is 5. The van der Waals surface area contributed by atoms with Gasteiger partial charge in [0.15, 0.2) is 0 Å². The van der Waals surface area contributed by atoms with Gasteiger partial charge in [-0.05, 0) is 24.8 Å². The van der Waals surface area contributed by atoms with Gasteiger partial charge in [0.2, 0.25) is 17.7 Å². The Morgan fingerprint density at radius 1 is 0.882 bits per heavy atom. The molecule has 3 amide bonds. The third-order valence-corrected chi connectivity index (χ3v) is 5.49. The molecular formula is C23H34N4O7. The number of carboxylic acid groups (broad SMARTS) is 2. The fourth-order valence-electron chi connectivity index (χ4n) is 3.04. The van der Waals surface area contributed by atoms with Crippen molar-refractivity contribution in [2.45, 2.75) is 70.6 Å². The van der Waals surface area contributed by atoms with Crippen LogP contribution in [0.5, 0.6) is 0 Å². The summed E-state index contributed by atoms with van der Waals surface area (Å²) < 4.78 is 0. The van der Waals surface area contributed by atoms with E-state index in [1.807, 2.05) is 6.92 Å². The van der Waals surface area contributed by atoms with Crippen LogP contribution in [0.3, 0.4) is 0 Å². The predicted octanol–water partition coefficient (Wildman–Crippen LogP) is 0.0262. The zero-order valence-corrected chi connectivity index (χ0v) is 19.6. The maximum absolute atomic E-state index is 12.7. The van der Waals surface area contributed by atoms with Gasteiger partial charge in [0.05, 0.1) is 6.04 Å². The SMILES string of the molecule is CCC(C)C(N)C(=O)NC(CCC(=O)O)C(=O)NC(C)C(=O)NC(Cc1ccccc1)C(=O)O. The Labute approximate surface area is 198 Å². The highest BCUT2D eigenvalue weighted by Gasteiger charge is 2.29. The molecule has 34 heavy (non-hydrogen) atoms. The first kappa shape index (κ1) is 28.6. The lowest BCUT2D eigenvalue weighted by molar-refractivity contribution is -0.142. The maximum Gasteiger partial charge on any atom is 0.326 e. The summed E-state index contributed by atoms with van der Waals surface area (Å²) >= 11 is 0. The van der Waals surface area contributed by atoms with Crippen LogP contribution < -0.4 is 21.7 Å². The molecule has 5 unspecified atom stereocenters. The van der Waals surface area contributed by atoms with Gasteiger partial charge in [-0.2, -0.15) is 0 Å². The molecule has 1 aromatic carbocycles. The molecule has 0 fully saturated rings. The van der Waals surface area contributed by atoms with Crippen molar-refractivity contribution in [3.63, 3.8) is 0 Å². The van der Waals surface area contributed by atoms with Crippen LogP contribution >= 0.6 is 0 Å². The number of hydrogen-bond acceptors (Lipinski definition) is 6. The molecule has 1 aromatic rings. The standard InChI is InChI=1S/C23H34N4O7/c1-4-13(2)19(24)22(32)26-16(10-11-18(28)29)21(31)25-14(3)20(30)27-17(23(33)34)12-15-8-6-5-7-9-15/h5-9,13-14,16-17,19H,4,10-12,24H2,1-3H3,(H,25,31)(H,26,32)(H,27,30)(H,28,29)(H,33,34). The van der Waals surface area contributed by atoms with Gasteiger partial charge in [-0.25, -0.2) is 4.79 Å². The van der Waals surface area contributed by atoms with Gasteiger partial charge in [-0.1, -0.05) is 50.6 Å². The minimum atomic E-state index is -1.23. The van der Waals surface area contributed by atoms with Gasteiger partial charge in [0, 0.05) is 12.8 Å². The highest BCUT2D eigenvalue weighted by Crippen LogP contribution is 2.08. The molecule has 0 aromatic heterocycles. The largest absolute Gasteiger partial charge is 0.481 e. The van der Waals surface area contributed by atoms with Crippen LogP contribution in [-0.2, 0) is 30.4 Å². The van der Waals surface area contributed by atoms with E-state index in [0.29, 0.717) is 12.0 Å². The summed E-state index contributed by atoms with van der Waals surface area (Å²) in [6.45, 7) is 4.99. The first-order valence-electron chi connectivity index (χ1n) is 11.1. The van der Waals surface area contributed by atoms with E-state index in [0.717, 1.165) is 0 Å². The summed E-state index contributed by atoms with van der Waals surface area (Å²) in [4.78, 5) is 60.2. The van der Waals surface area contributed by atoms with Crippen LogP contribution in [0.4, 0.5) is 0 Å². The van der Waals surface area contributed by atoms with E-state index in [1.165, 1.54) is 6.92 Å². The molecule has 0 aliphatic heterocycles. The van der Waals surface area contributed by atoms with Crippen LogP contribution in [0, 0.1) is 5.92 Å². The van der Waals surface area contributed by atoms with Crippen molar-refractivity contribution in [3.05, 3.63) is 35.9 Å². The van der Waals surface area contributed by atoms with Gasteiger partial charge in [-0.15, -0.1) is 0 Å². The van der Waals surface area contributed by atoms with E-state index < -0.39 is 60.2 Å². The molecule has 11 heteroatoms. The van der Waals surface area contributed by atoms with Crippen molar-refractivity contribution in [1.82, 2.24) is 16.0 Å². The lowest BCUT2D eigenvalue weighted by Gasteiger charge is -2.24. The second-order valence-corrected chi connectivity index (χ2v) is 8.22. The molecule has 0 spiro atoms. The lowest BCUT2D eigenvalue weighted by Crippen LogP contribution is -2.57. The van der Waals surface area contributed by atoms with Crippen LogP contribution in [0.15, 0.2) is 30.3 Å². The normalized spacial score (nSPS) is 15.2. The smallest absolute Gasteiger partial charge is 0.326 e. The third-order valence-electron chi connectivity index (χ3n) is 5.49. The van der Waals surface area contributed by atoms with E-state index in [1.54, 1.807) is 37.3 Å². The Morgan fingerprint density at radius 3 is 2.00 bits per heavy atom. The predicted molar refractivity (Wildman–Crippen MR) is 124 cm³/mol. The van der Waals surface area contributed by atoms with Crippen molar-refractivity contribution in [1.29, 1.82) is 0 Å². The molecule has 188 valence electrons. The second-order valence-electron chi connectivity index (χ2n) is 8.22. The van der Waals surface area contributed by atoms with Crippen molar-refractivity contribution in [2.24, 2.45) is 11.7 Å². The number of benzene rings is 1. The van der Waals surface area contributed by atoms with Gasteiger partial charge < -0.3 is 31.9 Å². The molecule has 0 saturated carbocycles. The molecule has 0 saturated heterocycles. The van der Waals surface area contributed by atoms with Crippen molar-refractivity contribution in [2.75, 3.05) is 0 Å². The highest BCUT2D eigenvalue weighted by molar-refractivity contribution is 5.94. The first-order chi connectivity index (χ1) is 16.0. The third kappa shape index (κ3) is 9.57. The van der Waals surface area contributed by atoms with Crippen LogP contribution in [-0.4, -0.2) is 64.0 Å². The number of rotatable bonds is 14. The molecule has 0 radical (unpaired) electrons. The average molecular weight is 479 g/mol. The maximum atomic E-state index is 12.7. The first-order valence-corrected chi connectivity index (χ1v) is 11.1. The summed E-state index contributed by atoms with van der Waals surface area (Å²) in [5.41, 5.74) is 6.60. The summed E-state index contributed by atoms with van der Waals surface area (Å²) in [5.74, 6) is -4.67. The quantitative estimate of drug-likeness (QED) is 0.216. The second kappa shape index (κ2) is 13.9. The van der Waals surface area contributed by atoms with Crippen molar-refractivity contribution >= 4 is 29.7 Å². The van der Waals surface area contributed by atoms with Gasteiger partial charge in [-0.3, -0.25) is 19.2 Å². The molecular weight excluding hydrogens is 444 g/mol. The highest BCUT2D eigenvalue weighted by atomic mass is 16.4. The van der Waals surface area contributed by atoms with E-state index >= 15 is 0 Å². The lowest BCUT2D eigenvalue weighted by atomic mass is 9.98. The van der Waals surface area contributed by atoms with Crippen molar-refractivity contribution in [3.8, 4) is 0 Å². The van der Waals surface area contributed by atoms with Gasteiger partial charge in [0.1, 0.15) is 18.1 Å². The number of nitrogens with one attached hydrogen (secondary N) is 3. The Morgan fingerprint density at radius 2 is 1.47 bits per heavy atom. The van der Waals surface area contributed by atoms with Gasteiger partial charge >= 0.3 is 11.9 Å². The Kier molecular flexibility index (Phi) is 11.7. The Hall–Kier alpha value is -3.47. The number of aliphatic carboxylic acids is 2. The summed E-state index contributed by atoms with van der Waals surface area (Å²) in [6, 6.07) is 4.26. The molecule has 1 rings (SSSR count). The zero-order chi connectivity index (χ0) is 25.8. The molecule has 5 atom stereocenters. The fourth-order valence-corrected chi connectivity index (χ4v) is 3.04. The molecule has 7 N–H and O–H groups in total. The topological polar surface area (TPSA) is 188 Å². The molecule has 0 aliphatic rings. The number of nitrogens with two attached hydrogens (primary N) is 1. The average Bonchev–Trinajstić information content (AvgIpc) is 2.80. The molecule has 0 aliphatic carbocycles.